The average Bonchev–Trinajstić information content (AvgIpc) is 2.66. The Morgan fingerprint density at radius 1 is 0.967 bits per heavy atom. The number of halogens is 3. The summed E-state index contributed by atoms with van der Waals surface area (Å²) in [6.45, 7) is 8.44. The number of alkyl halides is 2. The zero-order valence-electron chi connectivity index (χ0n) is 17.7. The standard InChI is InChI=1S/C24H25F3O3/c1-6-13-7-8-14(16-10-9-15(22(26)27)12-18(16)25)11-17(13)19-20(28)23(2,3)30-24(4,5)21(19)29/h7-12,19,22H,6H2,1-5H3. The lowest BCUT2D eigenvalue weighted by atomic mass is 9.73. The number of carbonyl (C=O) groups is 2. The van der Waals surface area contributed by atoms with Gasteiger partial charge in [0.15, 0.2) is 11.6 Å². The maximum absolute atomic E-state index is 14.6. The number of Topliss-reactive ketones (excluding diaryl/α,β-unsaturated/α-hetero) is 2. The molecule has 1 aliphatic heterocycles. The van der Waals surface area contributed by atoms with Crippen LogP contribution in [0.4, 0.5) is 13.2 Å². The van der Waals surface area contributed by atoms with Crippen molar-refractivity contribution < 1.29 is 27.5 Å². The maximum atomic E-state index is 14.6. The van der Waals surface area contributed by atoms with E-state index in [4.69, 9.17) is 4.74 Å². The fourth-order valence-corrected chi connectivity index (χ4v) is 4.09. The van der Waals surface area contributed by atoms with Crippen LogP contribution in [0.25, 0.3) is 11.1 Å². The van der Waals surface area contributed by atoms with Gasteiger partial charge in [-0.05, 0) is 62.9 Å². The molecule has 0 bridgehead atoms. The van der Waals surface area contributed by atoms with Gasteiger partial charge in [0, 0.05) is 11.1 Å². The minimum atomic E-state index is -2.77. The van der Waals surface area contributed by atoms with Crippen LogP contribution < -0.4 is 0 Å². The Hall–Kier alpha value is -2.47. The highest BCUT2D eigenvalue weighted by atomic mass is 19.3. The van der Waals surface area contributed by atoms with Gasteiger partial charge < -0.3 is 4.74 Å². The van der Waals surface area contributed by atoms with E-state index in [9.17, 15) is 22.8 Å². The lowest BCUT2D eigenvalue weighted by molar-refractivity contribution is -0.184. The van der Waals surface area contributed by atoms with E-state index < -0.39 is 34.9 Å². The molecule has 0 unspecified atom stereocenters. The summed E-state index contributed by atoms with van der Waals surface area (Å²) in [4.78, 5) is 26.3. The van der Waals surface area contributed by atoms with Gasteiger partial charge in [-0.25, -0.2) is 13.2 Å². The van der Waals surface area contributed by atoms with Crippen molar-refractivity contribution in [2.75, 3.05) is 0 Å². The number of hydrogen-bond acceptors (Lipinski definition) is 3. The van der Waals surface area contributed by atoms with Crippen LogP contribution >= 0.6 is 0 Å². The van der Waals surface area contributed by atoms with Gasteiger partial charge in [-0.1, -0.05) is 31.2 Å². The molecule has 0 N–H and O–H groups in total. The molecule has 0 spiro atoms. The number of aryl methyl sites for hydroxylation is 1. The highest BCUT2D eigenvalue weighted by Gasteiger charge is 2.53. The highest BCUT2D eigenvalue weighted by Crippen LogP contribution is 2.41. The van der Waals surface area contributed by atoms with Crippen LogP contribution in [0.5, 0.6) is 0 Å². The minimum absolute atomic E-state index is 0.133. The molecule has 0 atom stereocenters. The van der Waals surface area contributed by atoms with Gasteiger partial charge in [-0.3, -0.25) is 9.59 Å². The summed E-state index contributed by atoms with van der Waals surface area (Å²) in [6, 6.07) is 8.33. The van der Waals surface area contributed by atoms with Gasteiger partial charge >= 0.3 is 0 Å². The summed E-state index contributed by atoms with van der Waals surface area (Å²) in [7, 11) is 0. The van der Waals surface area contributed by atoms with Crippen molar-refractivity contribution >= 4 is 11.6 Å². The molecule has 0 aromatic heterocycles. The second kappa shape index (κ2) is 7.65. The summed E-state index contributed by atoms with van der Waals surface area (Å²) >= 11 is 0. The van der Waals surface area contributed by atoms with Crippen LogP contribution in [0, 0.1) is 5.82 Å². The van der Waals surface area contributed by atoms with E-state index in [2.05, 4.69) is 0 Å². The van der Waals surface area contributed by atoms with Gasteiger partial charge in [-0.2, -0.15) is 0 Å². The molecular formula is C24H25F3O3. The molecule has 1 heterocycles. The molecule has 1 saturated heterocycles. The second-order valence-corrected chi connectivity index (χ2v) is 8.59. The van der Waals surface area contributed by atoms with E-state index >= 15 is 0 Å². The smallest absolute Gasteiger partial charge is 0.263 e. The van der Waals surface area contributed by atoms with Gasteiger partial charge in [0.05, 0.1) is 0 Å². The largest absolute Gasteiger partial charge is 0.354 e. The number of carbonyl (C=O) groups excluding carboxylic acids is 2. The lowest BCUT2D eigenvalue weighted by Gasteiger charge is -2.43. The Kier molecular flexibility index (Phi) is 5.67. The molecule has 30 heavy (non-hydrogen) atoms. The third-order valence-electron chi connectivity index (χ3n) is 5.62. The summed E-state index contributed by atoms with van der Waals surface area (Å²) in [5, 5.41) is 0. The Balaban J connectivity index is 2.16. The van der Waals surface area contributed by atoms with Gasteiger partial charge in [0.2, 0.25) is 0 Å². The van der Waals surface area contributed by atoms with Gasteiger partial charge in [-0.15, -0.1) is 0 Å². The fraction of sp³-hybridized carbons (Fsp3) is 0.417. The first-order chi connectivity index (χ1) is 13.9. The number of rotatable bonds is 4. The summed E-state index contributed by atoms with van der Waals surface area (Å²) in [5.74, 6) is -2.53. The van der Waals surface area contributed by atoms with Crippen LogP contribution in [0.15, 0.2) is 36.4 Å². The molecule has 2 aromatic rings. The summed E-state index contributed by atoms with van der Waals surface area (Å²) in [6.07, 6.45) is -2.20. The molecule has 160 valence electrons. The Bertz CT molecular complexity index is 983. The SMILES string of the molecule is CCc1ccc(-c2ccc(C(F)F)cc2F)cc1C1C(=O)C(C)(C)OC(C)(C)C1=O. The predicted molar refractivity (Wildman–Crippen MR) is 108 cm³/mol. The monoisotopic (exact) mass is 418 g/mol. The summed E-state index contributed by atoms with van der Waals surface area (Å²) in [5.41, 5.74) is -0.868. The van der Waals surface area contributed by atoms with Crippen molar-refractivity contribution in [1.82, 2.24) is 0 Å². The first-order valence-corrected chi connectivity index (χ1v) is 9.88. The van der Waals surface area contributed by atoms with Crippen molar-refractivity contribution in [3.63, 3.8) is 0 Å². The van der Waals surface area contributed by atoms with Gasteiger partial charge in [0.25, 0.3) is 6.43 Å². The van der Waals surface area contributed by atoms with Crippen LogP contribution in [0.1, 0.15) is 63.7 Å². The molecule has 1 aliphatic rings. The van der Waals surface area contributed by atoms with Crippen LogP contribution in [0.2, 0.25) is 0 Å². The Morgan fingerprint density at radius 3 is 2.07 bits per heavy atom. The molecule has 3 nitrogen and oxygen atoms in total. The van der Waals surface area contributed by atoms with Gasteiger partial charge in [0.1, 0.15) is 22.9 Å². The normalized spacial score (nSPS) is 18.8. The lowest BCUT2D eigenvalue weighted by Crippen LogP contribution is -2.58. The van der Waals surface area contributed by atoms with Crippen molar-refractivity contribution in [2.45, 2.75) is 64.6 Å². The molecule has 3 rings (SSSR count). The molecule has 0 saturated carbocycles. The molecule has 6 heteroatoms. The summed E-state index contributed by atoms with van der Waals surface area (Å²) < 4.78 is 46.0. The number of ketones is 2. The third kappa shape index (κ3) is 3.81. The Labute approximate surface area is 174 Å². The minimum Gasteiger partial charge on any atom is -0.354 e. The topological polar surface area (TPSA) is 43.4 Å². The molecule has 0 radical (unpaired) electrons. The van der Waals surface area contributed by atoms with Crippen LogP contribution in [-0.4, -0.2) is 22.8 Å². The molecule has 2 aromatic carbocycles. The fourth-order valence-electron chi connectivity index (χ4n) is 4.09. The number of ether oxygens (including phenoxy) is 1. The van der Waals surface area contributed by atoms with Crippen molar-refractivity contribution in [1.29, 1.82) is 0 Å². The van der Waals surface area contributed by atoms with E-state index in [-0.39, 0.29) is 17.1 Å². The average molecular weight is 418 g/mol. The van der Waals surface area contributed by atoms with E-state index in [1.165, 1.54) is 12.1 Å². The maximum Gasteiger partial charge on any atom is 0.263 e. The number of benzene rings is 2. The van der Waals surface area contributed by atoms with E-state index in [1.54, 1.807) is 45.9 Å². The van der Waals surface area contributed by atoms with E-state index in [0.29, 0.717) is 17.5 Å². The van der Waals surface area contributed by atoms with Crippen molar-refractivity contribution in [3.8, 4) is 11.1 Å². The second-order valence-electron chi connectivity index (χ2n) is 8.59. The molecule has 0 aliphatic carbocycles. The van der Waals surface area contributed by atoms with E-state index in [1.807, 2.05) is 6.92 Å². The molecule has 1 fully saturated rings. The molecular weight excluding hydrogens is 393 g/mol. The zero-order chi connectivity index (χ0) is 22.4. The van der Waals surface area contributed by atoms with Crippen molar-refractivity contribution in [2.24, 2.45) is 0 Å². The first-order valence-electron chi connectivity index (χ1n) is 9.88. The number of hydrogen-bond donors (Lipinski definition) is 0. The quantitative estimate of drug-likeness (QED) is 0.589. The Morgan fingerprint density at radius 2 is 1.57 bits per heavy atom. The predicted octanol–water partition coefficient (Wildman–Crippen LogP) is 5.80. The third-order valence-corrected chi connectivity index (χ3v) is 5.62. The van der Waals surface area contributed by atoms with Crippen LogP contribution in [-0.2, 0) is 20.7 Å². The zero-order valence-corrected chi connectivity index (χ0v) is 17.7. The van der Waals surface area contributed by atoms with Crippen LogP contribution in [0.3, 0.4) is 0 Å². The highest BCUT2D eigenvalue weighted by molar-refractivity contribution is 6.15. The molecule has 0 amide bonds. The van der Waals surface area contributed by atoms with E-state index in [0.717, 1.165) is 11.6 Å². The first kappa shape index (κ1) is 22.2. The van der Waals surface area contributed by atoms with Crippen molar-refractivity contribution in [3.05, 3.63) is 58.9 Å².